The number of nitrogens with two attached hydrogens (primary N) is 1. The summed E-state index contributed by atoms with van der Waals surface area (Å²) in [4.78, 5) is 22.2. The first kappa shape index (κ1) is 15.0. The first-order valence-electron chi connectivity index (χ1n) is 6.88. The Balaban J connectivity index is 2.43. The lowest BCUT2D eigenvalue weighted by molar-refractivity contribution is -0.155. The van der Waals surface area contributed by atoms with E-state index in [2.05, 4.69) is 20.8 Å². The molecule has 3 atom stereocenters. The van der Waals surface area contributed by atoms with Gasteiger partial charge in [0, 0.05) is 6.42 Å². The molecule has 104 valence electrons. The summed E-state index contributed by atoms with van der Waals surface area (Å²) in [5.74, 6) is 0.927. The zero-order valence-electron chi connectivity index (χ0n) is 11.6. The van der Waals surface area contributed by atoms with Crippen molar-refractivity contribution in [3.63, 3.8) is 0 Å². The molecule has 1 rings (SSSR count). The highest BCUT2D eigenvalue weighted by Gasteiger charge is 2.31. The van der Waals surface area contributed by atoms with Gasteiger partial charge in [0.1, 0.15) is 6.10 Å². The van der Waals surface area contributed by atoms with Gasteiger partial charge in [0.25, 0.3) is 0 Å². The van der Waals surface area contributed by atoms with Crippen molar-refractivity contribution in [1.82, 2.24) is 0 Å². The van der Waals surface area contributed by atoms with Crippen LogP contribution in [-0.4, -0.2) is 18.0 Å². The van der Waals surface area contributed by atoms with Gasteiger partial charge in [-0.25, -0.2) is 0 Å². The zero-order valence-corrected chi connectivity index (χ0v) is 11.6. The van der Waals surface area contributed by atoms with Crippen molar-refractivity contribution in [1.29, 1.82) is 0 Å². The molecule has 4 nitrogen and oxygen atoms in total. The summed E-state index contributed by atoms with van der Waals surface area (Å²) in [5.41, 5.74) is 5.02. The number of carbonyl (C=O) groups is 2. The third-order valence-corrected chi connectivity index (χ3v) is 3.96. The number of carbonyl (C=O) groups excluding carboxylic acids is 2. The van der Waals surface area contributed by atoms with E-state index in [4.69, 9.17) is 10.5 Å². The van der Waals surface area contributed by atoms with Crippen LogP contribution in [0, 0.1) is 17.8 Å². The molecule has 1 fully saturated rings. The number of amides is 1. The van der Waals surface area contributed by atoms with E-state index in [0.29, 0.717) is 17.8 Å². The molecule has 0 aromatic rings. The normalized spacial score (nSPS) is 28.1. The molecule has 0 aliphatic heterocycles. The predicted molar refractivity (Wildman–Crippen MR) is 69.7 cm³/mol. The highest BCUT2D eigenvalue weighted by Crippen LogP contribution is 2.35. The van der Waals surface area contributed by atoms with Crippen molar-refractivity contribution in [2.24, 2.45) is 23.5 Å². The maximum Gasteiger partial charge on any atom is 0.306 e. The molecule has 0 heterocycles. The highest BCUT2D eigenvalue weighted by atomic mass is 16.5. The van der Waals surface area contributed by atoms with Crippen LogP contribution < -0.4 is 5.73 Å². The van der Waals surface area contributed by atoms with Crippen molar-refractivity contribution in [3.8, 4) is 0 Å². The molecule has 0 bridgehead atoms. The van der Waals surface area contributed by atoms with Crippen LogP contribution in [0.4, 0.5) is 0 Å². The maximum absolute atomic E-state index is 11.6. The molecule has 0 saturated heterocycles. The topological polar surface area (TPSA) is 69.4 Å². The molecule has 0 radical (unpaired) electrons. The molecule has 4 heteroatoms. The summed E-state index contributed by atoms with van der Waals surface area (Å²) < 4.78 is 5.49. The lowest BCUT2D eigenvalue weighted by Crippen LogP contribution is -2.34. The van der Waals surface area contributed by atoms with E-state index in [9.17, 15) is 9.59 Å². The Hall–Kier alpha value is -1.06. The van der Waals surface area contributed by atoms with Gasteiger partial charge in [-0.1, -0.05) is 20.8 Å². The summed E-state index contributed by atoms with van der Waals surface area (Å²) in [6.45, 7) is 6.56. The van der Waals surface area contributed by atoms with Crippen LogP contribution in [0.15, 0.2) is 0 Å². The maximum atomic E-state index is 11.6. The largest absolute Gasteiger partial charge is 0.462 e. The van der Waals surface area contributed by atoms with Crippen LogP contribution in [0.3, 0.4) is 0 Å². The van der Waals surface area contributed by atoms with Gasteiger partial charge in [0.15, 0.2) is 0 Å². The Morgan fingerprint density at radius 3 is 2.50 bits per heavy atom. The van der Waals surface area contributed by atoms with Crippen LogP contribution in [0.5, 0.6) is 0 Å². The minimum atomic E-state index is -0.455. The smallest absolute Gasteiger partial charge is 0.306 e. The van der Waals surface area contributed by atoms with Crippen molar-refractivity contribution < 1.29 is 14.3 Å². The molecular formula is C14H25NO3. The lowest BCUT2D eigenvalue weighted by atomic mass is 9.76. The van der Waals surface area contributed by atoms with Crippen LogP contribution >= 0.6 is 0 Å². The Morgan fingerprint density at radius 2 is 1.94 bits per heavy atom. The van der Waals surface area contributed by atoms with Crippen molar-refractivity contribution in [2.75, 3.05) is 0 Å². The first-order chi connectivity index (χ1) is 8.40. The molecule has 18 heavy (non-hydrogen) atoms. The fourth-order valence-corrected chi connectivity index (χ4v) is 2.53. The van der Waals surface area contributed by atoms with Gasteiger partial charge in [0.05, 0.1) is 6.42 Å². The Morgan fingerprint density at radius 1 is 1.28 bits per heavy atom. The van der Waals surface area contributed by atoms with Gasteiger partial charge < -0.3 is 10.5 Å². The second-order valence-electron chi connectivity index (χ2n) is 5.79. The lowest BCUT2D eigenvalue weighted by Gasteiger charge is -2.35. The molecule has 2 N–H and O–H groups in total. The summed E-state index contributed by atoms with van der Waals surface area (Å²) in [5, 5.41) is 0. The number of hydrogen-bond donors (Lipinski definition) is 1. The zero-order chi connectivity index (χ0) is 13.7. The van der Waals surface area contributed by atoms with Gasteiger partial charge >= 0.3 is 5.97 Å². The molecule has 1 aliphatic rings. The summed E-state index contributed by atoms with van der Waals surface area (Å²) in [7, 11) is 0. The van der Waals surface area contributed by atoms with Gasteiger partial charge in [-0.15, -0.1) is 0 Å². The van der Waals surface area contributed by atoms with Gasteiger partial charge in [-0.2, -0.15) is 0 Å². The standard InChI is InChI=1S/C14H25NO3/c1-9(2)11-5-4-10(3)12(8-11)18-14(17)7-6-13(15)16/h9-12H,4-8H2,1-3H3,(H2,15,16). The van der Waals surface area contributed by atoms with E-state index in [-0.39, 0.29) is 24.9 Å². The molecule has 1 amide bonds. The summed E-state index contributed by atoms with van der Waals surface area (Å²) >= 11 is 0. The molecule has 0 aromatic heterocycles. The third kappa shape index (κ3) is 4.67. The van der Waals surface area contributed by atoms with Crippen molar-refractivity contribution >= 4 is 11.9 Å². The molecule has 3 unspecified atom stereocenters. The number of esters is 1. The number of primary amides is 1. The van der Waals surface area contributed by atoms with E-state index in [1.54, 1.807) is 0 Å². The van der Waals surface area contributed by atoms with Gasteiger partial charge in [0.2, 0.25) is 5.91 Å². The monoisotopic (exact) mass is 255 g/mol. The summed E-state index contributed by atoms with van der Waals surface area (Å²) in [6.07, 6.45) is 3.45. The van der Waals surface area contributed by atoms with Crippen molar-refractivity contribution in [2.45, 2.75) is 59.0 Å². The van der Waals surface area contributed by atoms with Gasteiger partial charge in [-0.05, 0) is 37.0 Å². The second-order valence-corrected chi connectivity index (χ2v) is 5.79. The van der Waals surface area contributed by atoms with E-state index >= 15 is 0 Å². The summed E-state index contributed by atoms with van der Waals surface area (Å²) in [6, 6.07) is 0. The predicted octanol–water partition coefficient (Wildman–Crippen LogP) is 2.26. The minimum Gasteiger partial charge on any atom is -0.462 e. The van der Waals surface area contributed by atoms with E-state index in [1.165, 1.54) is 6.42 Å². The van der Waals surface area contributed by atoms with Crippen LogP contribution in [0.2, 0.25) is 0 Å². The van der Waals surface area contributed by atoms with E-state index in [1.807, 2.05) is 0 Å². The quantitative estimate of drug-likeness (QED) is 0.766. The third-order valence-electron chi connectivity index (χ3n) is 3.96. The SMILES string of the molecule is CC(C)C1CCC(C)C(OC(=O)CCC(N)=O)C1. The Kier molecular flexibility index (Phi) is 5.63. The fourth-order valence-electron chi connectivity index (χ4n) is 2.53. The van der Waals surface area contributed by atoms with Crippen LogP contribution in [0.1, 0.15) is 52.9 Å². The van der Waals surface area contributed by atoms with Crippen LogP contribution in [0.25, 0.3) is 0 Å². The molecular weight excluding hydrogens is 230 g/mol. The molecule has 1 aliphatic carbocycles. The number of rotatable bonds is 5. The van der Waals surface area contributed by atoms with Crippen LogP contribution in [-0.2, 0) is 14.3 Å². The second kappa shape index (κ2) is 6.76. The highest BCUT2D eigenvalue weighted by molar-refractivity contribution is 5.80. The number of ether oxygens (including phenoxy) is 1. The molecule has 1 saturated carbocycles. The molecule has 0 aromatic carbocycles. The van der Waals surface area contributed by atoms with Crippen molar-refractivity contribution in [3.05, 3.63) is 0 Å². The Labute approximate surface area is 109 Å². The average molecular weight is 255 g/mol. The fraction of sp³-hybridized carbons (Fsp3) is 0.857. The first-order valence-corrected chi connectivity index (χ1v) is 6.88. The average Bonchev–Trinajstić information content (AvgIpc) is 2.29. The minimum absolute atomic E-state index is 0.00604. The van der Waals surface area contributed by atoms with E-state index < -0.39 is 5.91 Å². The molecule has 0 spiro atoms. The van der Waals surface area contributed by atoms with Gasteiger partial charge in [-0.3, -0.25) is 9.59 Å². The Bertz CT molecular complexity index is 301. The number of hydrogen-bond acceptors (Lipinski definition) is 3. The van der Waals surface area contributed by atoms with E-state index in [0.717, 1.165) is 12.8 Å².